The number of ketones is 1. The van der Waals surface area contributed by atoms with Crippen LogP contribution in [0.1, 0.15) is 65.2 Å². The van der Waals surface area contributed by atoms with Crippen molar-refractivity contribution in [1.29, 1.82) is 0 Å². The van der Waals surface area contributed by atoms with Gasteiger partial charge < -0.3 is 5.11 Å². The maximum atomic E-state index is 11.9. The van der Waals surface area contributed by atoms with Crippen molar-refractivity contribution in [2.75, 3.05) is 0 Å². The van der Waals surface area contributed by atoms with E-state index < -0.39 is 5.72 Å². The molecule has 4 heteroatoms. The largest absolute Gasteiger partial charge is 0.368 e. The smallest absolute Gasteiger partial charge is 0.171 e. The summed E-state index contributed by atoms with van der Waals surface area (Å²) in [7, 11) is 0. The van der Waals surface area contributed by atoms with E-state index >= 15 is 0 Å². The molecule has 2 unspecified atom stereocenters. The van der Waals surface area contributed by atoms with Gasteiger partial charge in [0.1, 0.15) is 5.78 Å². The van der Waals surface area contributed by atoms with Crippen LogP contribution in [0.5, 0.6) is 0 Å². The molecule has 4 rings (SSSR count). The highest BCUT2D eigenvalue weighted by atomic mass is 32.1. The summed E-state index contributed by atoms with van der Waals surface area (Å²) in [4.78, 5) is 16.1. The Bertz CT molecular complexity index is 667. The van der Waals surface area contributed by atoms with Crippen LogP contribution < -0.4 is 0 Å². The van der Waals surface area contributed by atoms with Crippen LogP contribution >= 0.6 is 12.2 Å². The Morgan fingerprint density at radius 2 is 2.00 bits per heavy atom. The lowest BCUT2D eigenvalue weighted by molar-refractivity contribution is -0.127. The zero-order chi connectivity index (χ0) is 17.2. The van der Waals surface area contributed by atoms with Crippen molar-refractivity contribution >= 4 is 23.2 Å². The molecule has 24 heavy (non-hydrogen) atoms. The van der Waals surface area contributed by atoms with Gasteiger partial charge in [-0.05, 0) is 73.9 Å². The summed E-state index contributed by atoms with van der Waals surface area (Å²) in [5, 5.41) is 13.6. The van der Waals surface area contributed by atoms with Gasteiger partial charge in [-0.1, -0.05) is 25.5 Å². The number of fused-ring (bicyclic) bond motifs is 5. The molecule has 4 aliphatic rings. The highest BCUT2D eigenvalue weighted by Gasteiger charge is 2.64. The standard InChI is InChI=1S/C20H27NO2S/c1-18-8-5-14(22)11-13(18)3-4-15-16(18)6-9-19(2)17(15)7-10-20(19,23)21-12-24/h3,15-17,23H,4-11H2,1-2H3/t15?,16-,17-,18+,19+,20?/m1/s1. The number of carbonyl (C=O) groups is 1. The van der Waals surface area contributed by atoms with Crippen molar-refractivity contribution in [1.82, 2.24) is 0 Å². The average Bonchev–Trinajstić information content (AvgIpc) is 2.80. The molecule has 0 amide bonds. The summed E-state index contributed by atoms with van der Waals surface area (Å²) in [5.74, 6) is 2.13. The zero-order valence-corrected chi connectivity index (χ0v) is 15.5. The topological polar surface area (TPSA) is 49.7 Å². The number of allylic oxidation sites excluding steroid dienone is 2. The molecule has 0 aromatic heterocycles. The second-order valence-corrected chi connectivity index (χ2v) is 9.17. The third-order valence-corrected chi connectivity index (χ3v) is 8.37. The summed E-state index contributed by atoms with van der Waals surface area (Å²) >= 11 is 4.81. The lowest BCUT2D eigenvalue weighted by Crippen LogP contribution is -2.53. The van der Waals surface area contributed by atoms with E-state index in [4.69, 9.17) is 12.2 Å². The van der Waals surface area contributed by atoms with Crippen molar-refractivity contribution in [2.24, 2.45) is 33.6 Å². The molecule has 0 saturated heterocycles. The summed E-state index contributed by atoms with van der Waals surface area (Å²) in [6.45, 7) is 4.60. The average molecular weight is 346 g/mol. The van der Waals surface area contributed by atoms with Gasteiger partial charge in [-0.15, -0.1) is 0 Å². The molecule has 130 valence electrons. The predicted molar refractivity (Wildman–Crippen MR) is 96.7 cm³/mol. The Hall–Kier alpha value is -0.830. The van der Waals surface area contributed by atoms with Gasteiger partial charge in [0.2, 0.25) is 0 Å². The molecule has 0 radical (unpaired) electrons. The van der Waals surface area contributed by atoms with Crippen LogP contribution in [0.2, 0.25) is 0 Å². The number of nitrogens with zero attached hydrogens (tertiary/aromatic N) is 1. The molecular formula is C20H27NO2S. The molecular weight excluding hydrogens is 318 g/mol. The molecule has 0 aromatic rings. The van der Waals surface area contributed by atoms with Gasteiger partial charge in [0.05, 0.1) is 5.16 Å². The molecule has 1 N–H and O–H groups in total. The normalized spacial score (nSPS) is 50.2. The van der Waals surface area contributed by atoms with Crippen LogP contribution in [0.25, 0.3) is 0 Å². The Morgan fingerprint density at radius 1 is 1.25 bits per heavy atom. The van der Waals surface area contributed by atoms with Crippen LogP contribution in [0.3, 0.4) is 0 Å². The summed E-state index contributed by atoms with van der Waals surface area (Å²) < 4.78 is 0. The van der Waals surface area contributed by atoms with Crippen LogP contribution in [0.15, 0.2) is 16.6 Å². The molecule has 0 spiro atoms. The Labute approximate surface area is 149 Å². The maximum absolute atomic E-state index is 11.9. The van der Waals surface area contributed by atoms with Gasteiger partial charge in [-0.3, -0.25) is 4.79 Å². The zero-order valence-electron chi connectivity index (χ0n) is 14.7. The second-order valence-electron chi connectivity index (χ2n) is 8.99. The quantitative estimate of drug-likeness (QED) is 0.438. The number of Topliss-reactive ketones (excluding diaryl/α,β-unsaturated/α-hetero) is 1. The van der Waals surface area contributed by atoms with E-state index in [0.29, 0.717) is 36.4 Å². The molecule has 3 nitrogen and oxygen atoms in total. The number of hydrogen-bond acceptors (Lipinski definition) is 4. The van der Waals surface area contributed by atoms with E-state index in [9.17, 15) is 9.90 Å². The SMILES string of the molecule is C[C@]12CCC(=O)CC1=CCC1[C@H]2CC[C@@]2(C)[C@@H]1CCC2(O)N=C=S. The molecule has 6 atom stereocenters. The van der Waals surface area contributed by atoms with Crippen molar-refractivity contribution in [3.8, 4) is 0 Å². The number of isothiocyanates is 1. The third kappa shape index (κ3) is 2.03. The number of carbonyl (C=O) groups excluding carboxylic acids is 1. The van der Waals surface area contributed by atoms with E-state index in [1.54, 1.807) is 0 Å². The minimum Gasteiger partial charge on any atom is -0.368 e. The lowest BCUT2D eigenvalue weighted by Gasteiger charge is -2.57. The molecule has 4 aliphatic carbocycles. The fourth-order valence-electron chi connectivity index (χ4n) is 6.73. The lowest BCUT2D eigenvalue weighted by atomic mass is 9.47. The Morgan fingerprint density at radius 3 is 2.75 bits per heavy atom. The first-order valence-electron chi connectivity index (χ1n) is 9.37. The van der Waals surface area contributed by atoms with E-state index in [1.807, 2.05) is 0 Å². The molecule has 3 saturated carbocycles. The minimum absolute atomic E-state index is 0.187. The molecule has 0 aliphatic heterocycles. The maximum Gasteiger partial charge on any atom is 0.171 e. The Balaban J connectivity index is 1.70. The van der Waals surface area contributed by atoms with Gasteiger partial charge in [0.25, 0.3) is 0 Å². The molecule has 3 fully saturated rings. The van der Waals surface area contributed by atoms with Crippen LogP contribution in [-0.2, 0) is 4.79 Å². The van der Waals surface area contributed by atoms with Gasteiger partial charge in [-0.25, -0.2) is 0 Å². The predicted octanol–water partition coefficient (Wildman–Crippen LogP) is 4.31. The fourth-order valence-corrected chi connectivity index (χ4v) is 6.88. The van der Waals surface area contributed by atoms with Crippen molar-refractivity contribution in [3.63, 3.8) is 0 Å². The van der Waals surface area contributed by atoms with Gasteiger partial charge in [0.15, 0.2) is 5.72 Å². The molecule has 0 bridgehead atoms. The van der Waals surface area contributed by atoms with E-state index in [1.165, 1.54) is 5.57 Å². The fraction of sp³-hybridized carbons (Fsp3) is 0.800. The monoisotopic (exact) mass is 345 g/mol. The Kier molecular flexibility index (Phi) is 3.69. The number of thiocarbonyl (C=S) groups is 1. The van der Waals surface area contributed by atoms with E-state index in [2.05, 4.69) is 30.1 Å². The second kappa shape index (κ2) is 5.33. The van der Waals surface area contributed by atoms with E-state index in [0.717, 1.165) is 38.5 Å². The highest BCUT2D eigenvalue weighted by molar-refractivity contribution is 7.78. The number of rotatable bonds is 1. The van der Waals surface area contributed by atoms with Crippen LogP contribution in [0.4, 0.5) is 0 Å². The van der Waals surface area contributed by atoms with Crippen LogP contribution in [0, 0.1) is 28.6 Å². The van der Waals surface area contributed by atoms with Crippen molar-refractivity contribution < 1.29 is 9.90 Å². The summed E-state index contributed by atoms with van der Waals surface area (Å²) in [5.41, 5.74) is 0.366. The summed E-state index contributed by atoms with van der Waals surface area (Å²) in [6, 6.07) is 0. The molecule has 0 heterocycles. The first-order chi connectivity index (χ1) is 11.3. The summed E-state index contributed by atoms with van der Waals surface area (Å²) in [6.07, 6.45) is 9.66. The number of aliphatic hydroxyl groups is 1. The first-order valence-corrected chi connectivity index (χ1v) is 9.77. The highest BCUT2D eigenvalue weighted by Crippen LogP contribution is 2.67. The number of hydrogen-bond donors (Lipinski definition) is 1. The minimum atomic E-state index is -1.03. The van der Waals surface area contributed by atoms with Gasteiger partial charge in [-0.2, -0.15) is 4.99 Å². The van der Waals surface area contributed by atoms with Gasteiger partial charge in [0, 0.05) is 18.3 Å². The van der Waals surface area contributed by atoms with Crippen LogP contribution in [-0.4, -0.2) is 21.8 Å². The number of aliphatic imine (C=N–C) groups is 1. The van der Waals surface area contributed by atoms with Crippen molar-refractivity contribution in [3.05, 3.63) is 11.6 Å². The molecule has 0 aromatic carbocycles. The van der Waals surface area contributed by atoms with Gasteiger partial charge >= 0.3 is 0 Å². The first kappa shape index (κ1) is 16.6. The van der Waals surface area contributed by atoms with E-state index in [-0.39, 0.29) is 10.8 Å². The third-order valence-electron chi connectivity index (χ3n) is 8.28. The van der Waals surface area contributed by atoms with Crippen molar-refractivity contribution in [2.45, 2.75) is 70.9 Å².